The van der Waals surface area contributed by atoms with Crippen molar-refractivity contribution in [3.63, 3.8) is 0 Å². The third-order valence-corrected chi connectivity index (χ3v) is 3.30. The molecule has 0 aromatic carbocycles. The molecule has 1 aromatic rings. The summed E-state index contributed by atoms with van der Waals surface area (Å²) in [4.78, 5) is 22.2. The fourth-order valence-corrected chi connectivity index (χ4v) is 2.30. The van der Waals surface area contributed by atoms with E-state index in [1.54, 1.807) is 12.3 Å². The highest BCUT2D eigenvalue weighted by Crippen LogP contribution is 2.26. The highest BCUT2D eigenvalue weighted by molar-refractivity contribution is 9.10. The van der Waals surface area contributed by atoms with Gasteiger partial charge in [-0.15, -0.1) is 11.3 Å². The predicted molar refractivity (Wildman–Crippen MR) is 53.4 cm³/mol. The minimum Gasteiger partial charge on any atom is -0.462 e. The van der Waals surface area contributed by atoms with Gasteiger partial charge in [0.05, 0.1) is 12.2 Å². The van der Waals surface area contributed by atoms with Crippen LogP contribution in [0.4, 0.5) is 0 Å². The fourth-order valence-electron chi connectivity index (χ4n) is 0.811. The van der Waals surface area contributed by atoms with E-state index in [0.29, 0.717) is 27.8 Å². The standard InChI is InChI=1S/C8H7BrO3S/c1-2-12-8(11)7-5(3-10)6(9)4-13-7/h3-4H,2H2,1H3. The van der Waals surface area contributed by atoms with E-state index in [1.165, 1.54) is 11.3 Å². The number of hydrogen-bond acceptors (Lipinski definition) is 4. The van der Waals surface area contributed by atoms with Crippen molar-refractivity contribution in [3.05, 3.63) is 20.3 Å². The van der Waals surface area contributed by atoms with Gasteiger partial charge in [0.2, 0.25) is 0 Å². The van der Waals surface area contributed by atoms with Crippen molar-refractivity contribution in [1.82, 2.24) is 0 Å². The number of hydrogen-bond donors (Lipinski definition) is 0. The smallest absolute Gasteiger partial charge is 0.349 e. The summed E-state index contributed by atoms with van der Waals surface area (Å²) < 4.78 is 5.41. The Morgan fingerprint density at radius 1 is 1.77 bits per heavy atom. The summed E-state index contributed by atoms with van der Waals surface area (Å²) in [5.74, 6) is -0.444. The van der Waals surface area contributed by atoms with Crippen LogP contribution in [0.25, 0.3) is 0 Å². The summed E-state index contributed by atoms with van der Waals surface area (Å²) in [5.41, 5.74) is 0.364. The summed E-state index contributed by atoms with van der Waals surface area (Å²) in [6, 6.07) is 0. The molecule has 0 aliphatic carbocycles. The normalized spacial score (nSPS) is 9.69. The number of rotatable bonds is 3. The summed E-state index contributed by atoms with van der Waals surface area (Å²) in [7, 11) is 0. The van der Waals surface area contributed by atoms with E-state index in [2.05, 4.69) is 15.9 Å². The topological polar surface area (TPSA) is 43.4 Å². The van der Waals surface area contributed by atoms with Crippen LogP contribution in [0, 0.1) is 0 Å². The van der Waals surface area contributed by atoms with Crippen molar-refractivity contribution in [2.24, 2.45) is 0 Å². The molecule has 0 amide bonds. The summed E-state index contributed by atoms with van der Waals surface area (Å²) >= 11 is 4.36. The first-order chi connectivity index (χ1) is 6.20. The fraction of sp³-hybridized carbons (Fsp3) is 0.250. The second-order valence-electron chi connectivity index (χ2n) is 2.16. The van der Waals surface area contributed by atoms with Crippen LogP contribution in [0.3, 0.4) is 0 Å². The Kier molecular flexibility index (Phi) is 3.62. The molecule has 1 rings (SSSR count). The van der Waals surface area contributed by atoms with Crippen LogP contribution in [0.15, 0.2) is 9.85 Å². The van der Waals surface area contributed by atoms with Gasteiger partial charge in [0.15, 0.2) is 6.29 Å². The van der Waals surface area contributed by atoms with Gasteiger partial charge in [-0.05, 0) is 22.9 Å². The van der Waals surface area contributed by atoms with Crippen molar-refractivity contribution in [2.75, 3.05) is 6.61 Å². The molecule has 3 nitrogen and oxygen atoms in total. The lowest BCUT2D eigenvalue weighted by Crippen LogP contribution is -2.04. The number of ether oxygens (including phenoxy) is 1. The summed E-state index contributed by atoms with van der Waals surface area (Å²) in [6.07, 6.45) is 0.646. The molecule has 0 aliphatic heterocycles. The average Bonchev–Trinajstić information content (AvgIpc) is 2.47. The zero-order valence-corrected chi connectivity index (χ0v) is 9.28. The molecule has 0 unspecified atom stereocenters. The maximum atomic E-state index is 11.2. The van der Waals surface area contributed by atoms with Crippen LogP contribution in [0.5, 0.6) is 0 Å². The summed E-state index contributed by atoms with van der Waals surface area (Å²) in [5, 5.41) is 1.69. The van der Waals surface area contributed by atoms with Crippen LogP contribution < -0.4 is 0 Å². The van der Waals surface area contributed by atoms with Crippen molar-refractivity contribution in [2.45, 2.75) is 6.92 Å². The summed E-state index contributed by atoms with van der Waals surface area (Å²) in [6.45, 7) is 2.04. The average molecular weight is 263 g/mol. The van der Waals surface area contributed by atoms with Gasteiger partial charge >= 0.3 is 5.97 Å². The number of carbonyl (C=O) groups excluding carboxylic acids is 2. The molecule has 0 radical (unpaired) electrons. The lowest BCUT2D eigenvalue weighted by Gasteiger charge is -1.98. The van der Waals surface area contributed by atoms with Gasteiger partial charge < -0.3 is 4.74 Å². The molecule has 0 saturated carbocycles. The Morgan fingerprint density at radius 3 is 3.00 bits per heavy atom. The third-order valence-electron chi connectivity index (χ3n) is 1.36. The predicted octanol–water partition coefficient (Wildman–Crippen LogP) is 2.50. The molecule has 1 aromatic heterocycles. The zero-order chi connectivity index (χ0) is 9.84. The maximum absolute atomic E-state index is 11.2. The zero-order valence-electron chi connectivity index (χ0n) is 6.87. The Morgan fingerprint density at radius 2 is 2.46 bits per heavy atom. The SMILES string of the molecule is CCOC(=O)c1scc(Br)c1C=O. The third kappa shape index (κ3) is 2.16. The van der Waals surface area contributed by atoms with E-state index >= 15 is 0 Å². The molecule has 0 N–H and O–H groups in total. The molecular formula is C8H7BrO3S. The van der Waals surface area contributed by atoms with Gasteiger partial charge in [-0.3, -0.25) is 4.79 Å². The molecule has 0 atom stereocenters. The van der Waals surface area contributed by atoms with E-state index in [1.807, 2.05) is 0 Å². The largest absolute Gasteiger partial charge is 0.462 e. The monoisotopic (exact) mass is 262 g/mol. The number of halogens is 1. The van der Waals surface area contributed by atoms with Crippen LogP contribution in [0.1, 0.15) is 27.0 Å². The molecular weight excluding hydrogens is 256 g/mol. The van der Waals surface area contributed by atoms with Gasteiger partial charge in [0, 0.05) is 9.85 Å². The van der Waals surface area contributed by atoms with E-state index in [4.69, 9.17) is 4.74 Å². The lowest BCUT2D eigenvalue weighted by molar-refractivity contribution is 0.0530. The minimum atomic E-state index is -0.444. The maximum Gasteiger partial charge on any atom is 0.349 e. The quantitative estimate of drug-likeness (QED) is 0.621. The molecule has 13 heavy (non-hydrogen) atoms. The molecule has 0 aliphatic rings. The van der Waals surface area contributed by atoms with E-state index in [9.17, 15) is 9.59 Å². The van der Waals surface area contributed by atoms with Crippen LogP contribution in [-0.4, -0.2) is 18.9 Å². The highest BCUT2D eigenvalue weighted by Gasteiger charge is 2.16. The van der Waals surface area contributed by atoms with Crippen molar-refractivity contribution in [1.29, 1.82) is 0 Å². The van der Waals surface area contributed by atoms with Gasteiger partial charge in [0.25, 0.3) is 0 Å². The number of carbonyl (C=O) groups is 2. The lowest BCUT2D eigenvalue weighted by atomic mass is 10.3. The van der Waals surface area contributed by atoms with Crippen molar-refractivity contribution in [3.8, 4) is 0 Å². The first kappa shape index (κ1) is 10.4. The molecule has 0 saturated heterocycles. The number of thiophene rings is 1. The molecule has 5 heteroatoms. The molecule has 0 bridgehead atoms. The molecule has 0 spiro atoms. The minimum absolute atomic E-state index is 0.312. The van der Waals surface area contributed by atoms with E-state index in [0.717, 1.165) is 0 Å². The van der Waals surface area contributed by atoms with E-state index in [-0.39, 0.29) is 0 Å². The molecule has 70 valence electrons. The Balaban J connectivity index is 3.00. The van der Waals surface area contributed by atoms with Crippen LogP contribution in [-0.2, 0) is 4.74 Å². The van der Waals surface area contributed by atoms with Gasteiger partial charge in [-0.2, -0.15) is 0 Å². The van der Waals surface area contributed by atoms with Crippen LogP contribution in [0.2, 0.25) is 0 Å². The van der Waals surface area contributed by atoms with Crippen LogP contribution >= 0.6 is 27.3 Å². The van der Waals surface area contributed by atoms with Gasteiger partial charge in [0.1, 0.15) is 4.88 Å². The Bertz CT molecular complexity index is 332. The number of aldehydes is 1. The Hall–Kier alpha value is -0.680. The van der Waals surface area contributed by atoms with Gasteiger partial charge in [-0.1, -0.05) is 0 Å². The van der Waals surface area contributed by atoms with Crippen molar-refractivity contribution >= 4 is 39.5 Å². The van der Waals surface area contributed by atoms with Crippen molar-refractivity contribution < 1.29 is 14.3 Å². The second-order valence-corrected chi connectivity index (χ2v) is 3.90. The number of esters is 1. The van der Waals surface area contributed by atoms with Gasteiger partial charge in [-0.25, -0.2) is 4.79 Å². The second kappa shape index (κ2) is 4.53. The molecule has 0 fully saturated rings. The molecule has 1 heterocycles. The van der Waals surface area contributed by atoms with E-state index < -0.39 is 5.97 Å². The Labute approximate surface area is 87.8 Å². The first-order valence-electron chi connectivity index (χ1n) is 3.60. The highest BCUT2D eigenvalue weighted by atomic mass is 79.9. The first-order valence-corrected chi connectivity index (χ1v) is 5.27.